The number of nitrogens with zero attached hydrogens (tertiary/aromatic N) is 1. The normalized spacial score (nSPS) is 18.3. The molecule has 1 aliphatic carbocycles. The van der Waals surface area contributed by atoms with Crippen LogP contribution in [0.2, 0.25) is 0 Å². The van der Waals surface area contributed by atoms with Gasteiger partial charge in [-0.3, -0.25) is 9.69 Å². The number of hydrogen-bond donors (Lipinski definition) is 1. The number of hydrogen-bond acceptors (Lipinski definition) is 2. The van der Waals surface area contributed by atoms with Gasteiger partial charge in [-0.05, 0) is 49.3 Å². The fraction of sp³-hybridized carbons (Fsp3) is 0.467. The summed E-state index contributed by atoms with van der Waals surface area (Å²) >= 11 is 0. The molecule has 4 heteroatoms. The molecular weight excluding hydrogens is 240 g/mol. The quantitative estimate of drug-likeness (QED) is 0.842. The van der Waals surface area contributed by atoms with Crippen LogP contribution in [-0.4, -0.2) is 23.4 Å². The number of nitrogens with one attached hydrogen (secondary N) is 1. The molecule has 100 valence electrons. The number of amides is 3. The van der Waals surface area contributed by atoms with E-state index in [4.69, 9.17) is 0 Å². The molecule has 1 heterocycles. The second kappa shape index (κ2) is 5.03. The van der Waals surface area contributed by atoms with Crippen LogP contribution in [0, 0.1) is 0 Å². The number of imide groups is 1. The molecule has 3 amide bonds. The monoisotopic (exact) mass is 258 g/mol. The zero-order valence-corrected chi connectivity index (χ0v) is 10.9. The third-order valence-corrected chi connectivity index (χ3v) is 3.96. The highest BCUT2D eigenvalue weighted by atomic mass is 16.2. The van der Waals surface area contributed by atoms with Gasteiger partial charge in [0, 0.05) is 18.7 Å². The first-order chi connectivity index (χ1) is 9.25. The van der Waals surface area contributed by atoms with Crippen LogP contribution in [0.4, 0.5) is 10.5 Å². The Bertz CT molecular complexity index is 525. The van der Waals surface area contributed by atoms with Gasteiger partial charge in [0.2, 0.25) is 5.91 Å². The standard InChI is InChI=1S/C15H18N2O2/c18-14-9-4-10-17(14)15(19)16-13-8-3-6-11-5-1-2-7-12(11)13/h3,6,8H,1-2,4-5,7,9-10H2,(H,16,19). The Balaban J connectivity index is 1.80. The summed E-state index contributed by atoms with van der Waals surface area (Å²) in [5, 5.41) is 2.91. The van der Waals surface area contributed by atoms with E-state index in [2.05, 4.69) is 11.4 Å². The van der Waals surface area contributed by atoms with Crippen molar-refractivity contribution in [3.05, 3.63) is 29.3 Å². The molecule has 1 fully saturated rings. The molecule has 0 aromatic heterocycles. The fourth-order valence-corrected chi connectivity index (χ4v) is 2.94. The first-order valence-electron chi connectivity index (χ1n) is 6.98. The number of rotatable bonds is 1. The third kappa shape index (κ3) is 2.35. The van der Waals surface area contributed by atoms with Crippen molar-refractivity contribution in [3.63, 3.8) is 0 Å². The van der Waals surface area contributed by atoms with Gasteiger partial charge in [0.05, 0.1) is 0 Å². The summed E-state index contributed by atoms with van der Waals surface area (Å²) in [6, 6.07) is 5.76. The third-order valence-electron chi connectivity index (χ3n) is 3.96. The van der Waals surface area contributed by atoms with Crippen molar-refractivity contribution in [3.8, 4) is 0 Å². The molecule has 0 spiro atoms. The van der Waals surface area contributed by atoms with Crippen LogP contribution in [0.5, 0.6) is 0 Å². The van der Waals surface area contributed by atoms with Crippen molar-refractivity contribution in [2.75, 3.05) is 11.9 Å². The molecule has 0 bridgehead atoms. The van der Waals surface area contributed by atoms with Gasteiger partial charge in [0.15, 0.2) is 0 Å². The number of anilines is 1. The summed E-state index contributed by atoms with van der Waals surface area (Å²) in [6.07, 6.45) is 5.75. The summed E-state index contributed by atoms with van der Waals surface area (Å²) in [5.41, 5.74) is 3.45. The van der Waals surface area contributed by atoms with Crippen LogP contribution in [0.3, 0.4) is 0 Å². The smallest absolute Gasteiger partial charge is 0.307 e. The molecule has 1 aromatic carbocycles. The molecule has 0 radical (unpaired) electrons. The minimum atomic E-state index is -0.276. The number of urea groups is 1. The van der Waals surface area contributed by atoms with Crippen molar-refractivity contribution in [1.82, 2.24) is 4.90 Å². The van der Waals surface area contributed by atoms with Gasteiger partial charge in [-0.25, -0.2) is 4.79 Å². The predicted molar refractivity (Wildman–Crippen MR) is 73.0 cm³/mol. The summed E-state index contributed by atoms with van der Waals surface area (Å²) in [7, 11) is 0. The molecule has 1 saturated heterocycles. The number of likely N-dealkylation sites (tertiary alicyclic amines) is 1. The first-order valence-corrected chi connectivity index (χ1v) is 6.98. The van der Waals surface area contributed by atoms with E-state index in [1.54, 1.807) is 0 Å². The Morgan fingerprint density at radius 2 is 1.95 bits per heavy atom. The molecular formula is C15H18N2O2. The Morgan fingerprint density at radius 3 is 2.74 bits per heavy atom. The number of aryl methyl sites for hydroxylation is 1. The Morgan fingerprint density at radius 1 is 1.11 bits per heavy atom. The highest BCUT2D eigenvalue weighted by Gasteiger charge is 2.27. The maximum absolute atomic E-state index is 12.1. The zero-order valence-electron chi connectivity index (χ0n) is 10.9. The van der Waals surface area contributed by atoms with Crippen LogP contribution < -0.4 is 5.32 Å². The number of benzene rings is 1. The van der Waals surface area contributed by atoms with E-state index in [9.17, 15) is 9.59 Å². The molecule has 2 aliphatic rings. The second-order valence-electron chi connectivity index (χ2n) is 5.23. The highest BCUT2D eigenvalue weighted by Crippen LogP contribution is 2.28. The average molecular weight is 258 g/mol. The lowest BCUT2D eigenvalue weighted by atomic mass is 9.90. The minimum absolute atomic E-state index is 0.0673. The summed E-state index contributed by atoms with van der Waals surface area (Å²) in [5.74, 6) is -0.0673. The van der Waals surface area contributed by atoms with Gasteiger partial charge in [-0.2, -0.15) is 0 Å². The summed E-state index contributed by atoms with van der Waals surface area (Å²) < 4.78 is 0. The van der Waals surface area contributed by atoms with Crippen LogP contribution in [0.25, 0.3) is 0 Å². The van der Waals surface area contributed by atoms with Gasteiger partial charge in [0.25, 0.3) is 0 Å². The first kappa shape index (κ1) is 12.2. The van der Waals surface area contributed by atoms with Crippen molar-refractivity contribution < 1.29 is 9.59 Å². The zero-order chi connectivity index (χ0) is 13.2. The molecule has 0 saturated carbocycles. The molecule has 0 unspecified atom stereocenters. The molecule has 19 heavy (non-hydrogen) atoms. The average Bonchev–Trinajstić information content (AvgIpc) is 2.85. The highest BCUT2D eigenvalue weighted by molar-refractivity contribution is 6.02. The summed E-state index contributed by atoms with van der Waals surface area (Å²) in [4.78, 5) is 25.0. The van der Waals surface area contributed by atoms with Crippen molar-refractivity contribution in [1.29, 1.82) is 0 Å². The molecule has 1 N–H and O–H groups in total. The van der Waals surface area contributed by atoms with E-state index in [0.717, 1.165) is 24.9 Å². The topological polar surface area (TPSA) is 49.4 Å². The predicted octanol–water partition coefficient (Wildman–Crippen LogP) is 2.72. The lowest BCUT2D eigenvalue weighted by molar-refractivity contribution is -0.125. The van der Waals surface area contributed by atoms with Crippen molar-refractivity contribution in [2.24, 2.45) is 0 Å². The van der Waals surface area contributed by atoms with Crippen molar-refractivity contribution >= 4 is 17.6 Å². The van der Waals surface area contributed by atoms with E-state index in [1.807, 2.05) is 12.1 Å². The van der Waals surface area contributed by atoms with Crippen LogP contribution in [0.1, 0.15) is 36.8 Å². The molecule has 1 aromatic rings. The van der Waals surface area contributed by atoms with E-state index < -0.39 is 0 Å². The molecule has 1 aliphatic heterocycles. The second-order valence-corrected chi connectivity index (χ2v) is 5.23. The SMILES string of the molecule is O=C1CCCN1C(=O)Nc1cccc2c1CCCC2. The Labute approximate surface area is 112 Å². The van der Waals surface area contributed by atoms with E-state index in [0.29, 0.717) is 13.0 Å². The van der Waals surface area contributed by atoms with Gasteiger partial charge in [0.1, 0.15) is 0 Å². The van der Waals surface area contributed by atoms with Gasteiger partial charge in [-0.1, -0.05) is 12.1 Å². The van der Waals surface area contributed by atoms with Crippen molar-refractivity contribution in [2.45, 2.75) is 38.5 Å². The van der Waals surface area contributed by atoms with Crippen LogP contribution in [0.15, 0.2) is 18.2 Å². The fourth-order valence-electron chi connectivity index (χ4n) is 2.94. The van der Waals surface area contributed by atoms with Gasteiger partial charge >= 0.3 is 6.03 Å². The van der Waals surface area contributed by atoms with E-state index in [1.165, 1.54) is 28.9 Å². The maximum Gasteiger partial charge on any atom is 0.328 e. The number of carbonyl (C=O) groups is 2. The van der Waals surface area contributed by atoms with Gasteiger partial charge < -0.3 is 5.32 Å². The lowest BCUT2D eigenvalue weighted by Crippen LogP contribution is -2.36. The van der Waals surface area contributed by atoms with Crippen LogP contribution in [-0.2, 0) is 17.6 Å². The maximum atomic E-state index is 12.1. The largest absolute Gasteiger partial charge is 0.328 e. The van der Waals surface area contributed by atoms with E-state index >= 15 is 0 Å². The van der Waals surface area contributed by atoms with Crippen LogP contribution >= 0.6 is 0 Å². The summed E-state index contributed by atoms with van der Waals surface area (Å²) in [6.45, 7) is 0.541. The number of fused-ring (bicyclic) bond motifs is 1. The number of carbonyl (C=O) groups excluding carboxylic acids is 2. The molecule has 3 rings (SSSR count). The lowest BCUT2D eigenvalue weighted by Gasteiger charge is -2.21. The molecule has 4 nitrogen and oxygen atoms in total. The minimum Gasteiger partial charge on any atom is -0.307 e. The molecule has 0 atom stereocenters. The Kier molecular flexibility index (Phi) is 3.23. The van der Waals surface area contributed by atoms with Gasteiger partial charge in [-0.15, -0.1) is 0 Å². The Hall–Kier alpha value is -1.84. The van der Waals surface area contributed by atoms with E-state index in [-0.39, 0.29) is 11.9 Å².